The average molecular weight is 296 g/mol. The molecule has 2 aliphatic rings. The Balaban J connectivity index is 0.00000128. The molecule has 0 aromatic heterocycles. The van der Waals surface area contributed by atoms with Crippen LogP contribution in [0.5, 0.6) is 0 Å². The van der Waals surface area contributed by atoms with Crippen LogP contribution in [0.25, 0.3) is 0 Å². The summed E-state index contributed by atoms with van der Waals surface area (Å²) in [6, 6.07) is 0. The van der Waals surface area contributed by atoms with Crippen molar-refractivity contribution in [1.82, 2.24) is 0 Å². The summed E-state index contributed by atoms with van der Waals surface area (Å²) in [4.78, 5) is 0. The molecule has 0 aromatic rings. The number of rotatable bonds is 2. The fourth-order valence-electron chi connectivity index (χ4n) is 3.67. The Labute approximate surface area is 127 Å². The second-order valence-corrected chi connectivity index (χ2v) is 6.29. The smallest absolute Gasteiger partial charge is 0 e. The molecule has 16 heavy (non-hydrogen) atoms. The van der Waals surface area contributed by atoms with E-state index in [1.165, 1.54) is 57.8 Å². The predicted molar refractivity (Wildman–Crippen MR) is 66.6 cm³/mol. The first-order valence-corrected chi connectivity index (χ1v) is 7.07. The molecule has 2 rings (SSSR count). The van der Waals surface area contributed by atoms with Gasteiger partial charge in [0.1, 0.15) is 0 Å². The fourth-order valence-corrected chi connectivity index (χ4v) is 3.67. The van der Waals surface area contributed by atoms with Gasteiger partial charge in [-0.15, -0.1) is 0 Å². The van der Waals surface area contributed by atoms with Gasteiger partial charge in [0, 0.05) is 32.7 Å². The summed E-state index contributed by atoms with van der Waals surface area (Å²) in [6.45, 7) is 4.88. The van der Waals surface area contributed by atoms with E-state index in [9.17, 15) is 0 Å². The maximum Gasteiger partial charge on any atom is 0 e. The van der Waals surface area contributed by atoms with Crippen molar-refractivity contribution in [3.05, 3.63) is 5.92 Å². The van der Waals surface area contributed by atoms with Crippen LogP contribution in [0, 0.1) is 23.7 Å². The Bertz CT molecular complexity index is 190. The van der Waals surface area contributed by atoms with E-state index in [0.29, 0.717) is 0 Å². The van der Waals surface area contributed by atoms with E-state index >= 15 is 0 Å². The van der Waals surface area contributed by atoms with E-state index in [-0.39, 0.29) is 32.7 Å². The molecule has 0 spiro atoms. The van der Waals surface area contributed by atoms with Crippen LogP contribution in [0.15, 0.2) is 0 Å². The van der Waals surface area contributed by atoms with Gasteiger partial charge in [-0.05, 0) is 5.92 Å². The quantitative estimate of drug-likeness (QED) is 0.498. The molecule has 1 heteroatoms. The molecule has 0 N–H and O–H groups in total. The van der Waals surface area contributed by atoms with Gasteiger partial charge >= 0.3 is 0 Å². The van der Waals surface area contributed by atoms with Crippen molar-refractivity contribution >= 4 is 0 Å². The molecule has 1 radical (unpaired) electrons. The molecule has 91 valence electrons. The van der Waals surface area contributed by atoms with Crippen LogP contribution in [0.1, 0.15) is 71.6 Å². The molecule has 2 saturated carbocycles. The van der Waals surface area contributed by atoms with Crippen LogP contribution >= 0.6 is 0 Å². The molecule has 0 heterocycles. The monoisotopic (exact) mass is 296 g/mol. The second kappa shape index (κ2) is 7.52. The van der Waals surface area contributed by atoms with Crippen LogP contribution in [0.2, 0.25) is 0 Å². The molecule has 3 atom stereocenters. The number of hydrogen-bond acceptors (Lipinski definition) is 0. The third kappa shape index (κ3) is 4.77. The van der Waals surface area contributed by atoms with Crippen LogP contribution in [-0.2, 0) is 32.7 Å². The minimum absolute atomic E-state index is 0. The molecular formula is C15H27Y-. The largest absolute Gasteiger partial charge is 0.313 e. The van der Waals surface area contributed by atoms with Crippen molar-refractivity contribution in [3.63, 3.8) is 0 Å². The maximum absolute atomic E-state index is 2.45. The molecule has 0 aliphatic heterocycles. The van der Waals surface area contributed by atoms with Crippen molar-refractivity contribution in [2.45, 2.75) is 71.6 Å². The third-order valence-corrected chi connectivity index (χ3v) is 4.50. The Morgan fingerprint density at radius 1 is 1.00 bits per heavy atom. The van der Waals surface area contributed by atoms with Gasteiger partial charge in [-0.3, -0.25) is 0 Å². The minimum atomic E-state index is 0. The van der Waals surface area contributed by atoms with Crippen molar-refractivity contribution in [3.8, 4) is 0 Å². The summed E-state index contributed by atoms with van der Waals surface area (Å²) in [6.07, 6.45) is 13.3. The van der Waals surface area contributed by atoms with Crippen molar-refractivity contribution in [2.24, 2.45) is 17.8 Å². The zero-order valence-electron chi connectivity index (χ0n) is 11.2. The van der Waals surface area contributed by atoms with Gasteiger partial charge in [-0.2, -0.15) is 19.3 Å². The SMILES string of the molecule is CC1CCCC[C-](CC2CCC(C)C2)C1.[Y]. The molecule has 2 fully saturated rings. The Hall–Kier alpha value is 1.10. The van der Waals surface area contributed by atoms with Gasteiger partial charge in [0.25, 0.3) is 0 Å². The van der Waals surface area contributed by atoms with E-state index < -0.39 is 0 Å². The van der Waals surface area contributed by atoms with Crippen molar-refractivity contribution < 1.29 is 32.7 Å². The Kier molecular flexibility index (Phi) is 7.13. The first-order valence-electron chi connectivity index (χ1n) is 7.07. The van der Waals surface area contributed by atoms with Crippen LogP contribution in [0.3, 0.4) is 0 Å². The van der Waals surface area contributed by atoms with E-state index in [1.807, 2.05) is 5.92 Å². The van der Waals surface area contributed by atoms with Gasteiger partial charge < -0.3 is 5.92 Å². The van der Waals surface area contributed by atoms with Gasteiger partial charge in [-0.25, -0.2) is 0 Å². The predicted octanol–water partition coefficient (Wildman–Crippen LogP) is 4.98. The zero-order valence-corrected chi connectivity index (χ0v) is 14.0. The molecule has 0 aromatic carbocycles. The molecular weight excluding hydrogens is 269 g/mol. The minimum Gasteiger partial charge on any atom is -0.313 e. The van der Waals surface area contributed by atoms with Crippen LogP contribution in [-0.4, -0.2) is 0 Å². The molecule has 0 saturated heterocycles. The zero-order chi connectivity index (χ0) is 10.7. The van der Waals surface area contributed by atoms with Crippen molar-refractivity contribution in [2.75, 3.05) is 0 Å². The standard InChI is InChI=1S/C15H27.Y/c1-12-5-3-4-6-14(9-12)11-15-8-7-13(2)10-15;/h12-13,15H,3-11H2,1-2H3;/q-1;. The van der Waals surface area contributed by atoms with E-state index in [2.05, 4.69) is 13.8 Å². The van der Waals surface area contributed by atoms with E-state index in [4.69, 9.17) is 0 Å². The number of hydrogen-bond donors (Lipinski definition) is 0. The first-order chi connectivity index (χ1) is 7.24. The molecule has 0 bridgehead atoms. The summed E-state index contributed by atoms with van der Waals surface area (Å²) < 4.78 is 0. The maximum atomic E-state index is 2.45. The summed E-state index contributed by atoms with van der Waals surface area (Å²) in [7, 11) is 0. The van der Waals surface area contributed by atoms with Gasteiger partial charge in [0.05, 0.1) is 0 Å². The summed E-state index contributed by atoms with van der Waals surface area (Å²) in [5.74, 6) is 4.96. The summed E-state index contributed by atoms with van der Waals surface area (Å²) in [5.41, 5.74) is 0. The molecule has 2 aliphatic carbocycles. The Morgan fingerprint density at radius 2 is 1.81 bits per heavy atom. The Morgan fingerprint density at radius 3 is 2.50 bits per heavy atom. The van der Waals surface area contributed by atoms with Gasteiger partial charge in [0.2, 0.25) is 0 Å². The molecule has 3 unspecified atom stereocenters. The third-order valence-electron chi connectivity index (χ3n) is 4.50. The summed E-state index contributed by atoms with van der Waals surface area (Å²) in [5, 5.41) is 0. The van der Waals surface area contributed by atoms with Gasteiger partial charge in [0.15, 0.2) is 0 Å². The van der Waals surface area contributed by atoms with Crippen LogP contribution in [0.4, 0.5) is 0 Å². The fraction of sp³-hybridized carbons (Fsp3) is 0.933. The normalized spacial score (nSPS) is 36.8. The second-order valence-electron chi connectivity index (χ2n) is 6.29. The first kappa shape index (κ1) is 15.2. The average Bonchev–Trinajstić information content (AvgIpc) is 2.46. The van der Waals surface area contributed by atoms with Crippen molar-refractivity contribution in [1.29, 1.82) is 0 Å². The molecule has 0 amide bonds. The van der Waals surface area contributed by atoms with Crippen LogP contribution < -0.4 is 0 Å². The van der Waals surface area contributed by atoms with E-state index in [1.54, 1.807) is 0 Å². The molecule has 0 nitrogen and oxygen atoms in total. The van der Waals surface area contributed by atoms with Gasteiger partial charge in [-0.1, -0.05) is 64.2 Å². The van der Waals surface area contributed by atoms with E-state index in [0.717, 1.165) is 17.8 Å². The topological polar surface area (TPSA) is 0 Å². The summed E-state index contributed by atoms with van der Waals surface area (Å²) >= 11 is 0.